The molecule has 5 nitrogen and oxygen atoms in total. The van der Waals surface area contributed by atoms with Crippen molar-refractivity contribution in [3.63, 3.8) is 0 Å². The van der Waals surface area contributed by atoms with E-state index in [4.69, 9.17) is 14.9 Å². The molecule has 0 radical (unpaired) electrons. The van der Waals surface area contributed by atoms with E-state index >= 15 is 0 Å². The maximum atomic E-state index is 5.76. The van der Waals surface area contributed by atoms with Crippen molar-refractivity contribution in [2.45, 2.75) is 26.2 Å². The van der Waals surface area contributed by atoms with E-state index in [2.05, 4.69) is 10.2 Å². The summed E-state index contributed by atoms with van der Waals surface area (Å²) in [5.41, 5.74) is 6.97. The molecule has 0 fully saturated rings. The normalized spacial score (nSPS) is 11.6. The van der Waals surface area contributed by atoms with Gasteiger partial charge in [0.1, 0.15) is 5.75 Å². The number of methoxy groups -OCH3 is 1. The van der Waals surface area contributed by atoms with Gasteiger partial charge in [0.2, 0.25) is 11.8 Å². The fourth-order valence-corrected chi connectivity index (χ4v) is 1.49. The van der Waals surface area contributed by atoms with Crippen LogP contribution >= 0.6 is 0 Å². The Labute approximate surface area is 106 Å². The summed E-state index contributed by atoms with van der Waals surface area (Å²) in [5.74, 6) is 1.68. The third kappa shape index (κ3) is 2.30. The van der Waals surface area contributed by atoms with Crippen molar-refractivity contribution in [2.75, 3.05) is 12.8 Å². The van der Waals surface area contributed by atoms with Crippen molar-refractivity contribution in [1.82, 2.24) is 10.2 Å². The standard InChI is InChI=1S/C13H17N3O2/c1-13(2,3)12-16-15-11(18-12)8-5-6-9(14)10(7-8)17-4/h5-7H,14H2,1-4H3. The van der Waals surface area contributed by atoms with E-state index in [0.717, 1.165) is 5.56 Å². The summed E-state index contributed by atoms with van der Waals surface area (Å²) < 4.78 is 10.8. The summed E-state index contributed by atoms with van der Waals surface area (Å²) in [7, 11) is 1.57. The Kier molecular flexibility index (Phi) is 2.98. The zero-order valence-electron chi connectivity index (χ0n) is 11.0. The van der Waals surface area contributed by atoms with Gasteiger partial charge < -0.3 is 14.9 Å². The molecule has 1 heterocycles. The van der Waals surface area contributed by atoms with Gasteiger partial charge in [0.15, 0.2) is 0 Å². The molecule has 96 valence electrons. The average Bonchev–Trinajstić information content (AvgIpc) is 2.78. The lowest BCUT2D eigenvalue weighted by molar-refractivity contribution is 0.398. The molecule has 2 aromatic rings. The molecule has 0 unspecified atom stereocenters. The molecule has 2 rings (SSSR count). The lowest BCUT2D eigenvalue weighted by Crippen LogP contribution is -2.11. The Morgan fingerprint density at radius 2 is 1.94 bits per heavy atom. The highest BCUT2D eigenvalue weighted by atomic mass is 16.5. The number of nitrogens with two attached hydrogens (primary N) is 1. The minimum Gasteiger partial charge on any atom is -0.495 e. The molecule has 0 amide bonds. The Balaban J connectivity index is 2.40. The quantitative estimate of drug-likeness (QED) is 0.826. The zero-order chi connectivity index (χ0) is 13.3. The first-order valence-electron chi connectivity index (χ1n) is 5.69. The van der Waals surface area contributed by atoms with E-state index < -0.39 is 0 Å². The molecule has 0 saturated carbocycles. The van der Waals surface area contributed by atoms with Crippen LogP contribution in [-0.4, -0.2) is 17.3 Å². The molecule has 0 saturated heterocycles. The summed E-state index contributed by atoms with van der Waals surface area (Å²) in [5, 5.41) is 8.10. The fraction of sp³-hybridized carbons (Fsp3) is 0.385. The number of rotatable bonds is 2. The first-order valence-corrected chi connectivity index (χ1v) is 5.69. The maximum Gasteiger partial charge on any atom is 0.247 e. The van der Waals surface area contributed by atoms with Gasteiger partial charge in [0.25, 0.3) is 0 Å². The van der Waals surface area contributed by atoms with E-state index in [-0.39, 0.29) is 5.41 Å². The molecule has 2 N–H and O–H groups in total. The van der Waals surface area contributed by atoms with Crippen LogP contribution in [0.5, 0.6) is 5.75 Å². The van der Waals surface area contributed by atoms with Crippen LogP contribution in [0.1, 0.15) is 26.7 Å². The summed E-state index contributed by atoms with van der Waals surface area (Å²) >= 11 is 0. The van der Waals surface area contributed by atoms with Gasteiger partial charge in [0, 0.05) is 11.0 Å². The topological polar surface area (TPSA) is 74.2 Å². The zero-order valence-corrected chi connectivity index (χ0v) is 11.0. The van der Waals surface area contributed by atoms with Crippen LogP contribution in [0.25, 0.3) is 11.5 Å². The molecular weight excluding hydrogens is 230 g/mol. The fourth-order valence-electron chi connectivity index (χ4n) is 1.49. The molecule has 0 aliphatic carbocycles. The van der Waals surface area contributed by atoms with E-state index in [1.54, 1.807) is 19.2 Å². The number of anilines is 1. The Bertz CT molecular complexity index is 556. The number of hydrogen-bond donors (Lipinski definition) is 1. The predicted molar refractivity (Wildman–Crippen MR) is 69.4 cm³/mol. The van der Waals surface area contributed by atoms with Crippen molar-refractivity contribution < 1.29 is 9.15 Å². The molecule has 0 aliphatic rings. The van der Waals surface area contributed by atoms with Crippen LogP contribution in [0.2, 0.25) is 0 Å². The van der Waals surface area contributed by atoms with E-state index in [1.807, 2.05) is 26.8 Å². The number of nitrogens with zero attached hydrogens (tertiary/aromatic N) is 2. The van der Waals surface area contributed by atoms with Crippen LogP contribution in [0.4, 0.5) is 5.69 Å². The molecule has 1 aromatic carbocycles. The van der Waals surface area contributed by atoms with Crippen molar-refractivity contribution in [1.29, 1.82) is 0 Å². The van der Waals surface area contributed by atoms with Gasteiger partial charge in [-0.25, -0.2) is 0 Å². The highest BCUT2D eigenvalue weighted by molar-refractivity contribution is 5.64. The second-order valence-electron chi connectivity index (χ2n) is 5.12. The first kappa shape index (κ1) is 12.4. The van der Waals surface area contributed by atoms with Gasteiger partial charge in [-0.1, -0.05) is 20.8 Å². The van der Waals surface area contributed by atoms with Crippen molar-refractivity contribution in [3.8, 4) is 17.2 Å². The van der Waals surface area contributed by atoms with E-state index in [1.165, 1.54) is 0 Å². The number of benzene rings is 1. The summed E-state index contributed by atoms with van der Waals surface area (Å²) in [6.45, 7) is 6.07. The molecule has 0 aliphatic heterocycles. The monoisotopic (exact) mass is 247 g/mol. The summed E-state index contributed by atoms with van der Waals surface area (Å²) in [4.78, 5) is 0. The number of aromatic nitrogens is 2. The third-order valence-electron chi connectivity index (χ3n) is 2.55. The number of ether oxygens (including phenoxy) is 1. The predicted octanol–water partition coefficient (Wildman–Crippen LogP) is 2.62. The molecule has 1 aromatic heterocycles. The average molecular weight is 247 g/mol. The van der Waals surface area contributed by atoms with Gasteiger partial charge in [-0.2, -0.15) is 0 Å². The molecular formula is C13H17N3O2. The molecule has 0 spiro atoms. The number of hydrogen-bond acceptors (Lipinski definition) is 5. The van der Waals surface area contributed by atoms with Crippen LogP contribution < -0.4 is 10.5 Å². The molecule has 0 bridgehead atoms. The minimum atomic E-state index is -0.164. The highest BCUT2D eigenvalue weighted by Gasteiger charge is 2.22. The Morgan fingerprint density at radius 3 is 2.50 bits per heavy atom. The Hall–Kier alpha value is -2.04. The number of nitrogen functional groups attached to an aromatic ring is 1. The van der Waals surface area contributed by atoms with Crippen LogP contribution in [0, 0.1) is 0 Å². The van der Waals surface area contributed by atoms with Crippen molar-refractivity contribution >= 4 is 5.69 Å². The van der Waals surface area contributed by atoms with Crippen LogP contribution in [0.3, 0.4) is 0 Å². The molecule has 18 heavy (non-hydrogen) atoms. The first-order chi connectivity index (χ1) is 8.41. The van der Waals surface area contributed by atoms with Crippen molar-refractivity contribution in [2.24, 2.45) is 0 Å². The van der Waals surface area contributed by atoms with Gasteiger partial charge >= 0.3 is 0 Å². The lowest BCUT2D eigenvalue weighted by Gasteiger charge is -2.11. The second kappa shape index (κ2) is 4.33. The third-order valence-corrected chi connectivity index (χ3v) is 2.55. The van der Waals surface area contributed by atoms with Gasteiger partial charge in [-0.05, 0) is 18.2 Å². The Morgan fingerprint density at radius 1 is 1.22 bits per heavy atom. The maximum absolute atomic E-state index is 5.76. The lowest BCUT2D eigenvalue weighted by atomic mass is 9.97. The SMILES string of the molecule is COc1cc(-c2nnc(C(C)(C)C)o2)ccc1N. The van der Waals surface area contributed by atoms with E-state index in [0.29, 0.717) is 23.2 Å². The van der Waals surface area contributed by atoms with Crippen molar-refractivity contribution in [3.05, 3.63) is 24.1 Å². The van der Waals surface area contributed by atoms with Crippen LogP contribution in [-0.2, 0) is 5.41 Å². The molecule has 0 atom stereocenters. The largest absolute Gasteiger partial charge is 0.495 e. The molecule has 5 heteroatoms. The van der Waals surface area contributed by atoms with E-state index in [9.17, 15) is 0 Å². The smallest absolute Gasteiger partial charge is 0.247 e. The van der Waals surface area contributed by atoms with Gasteiger partial charge in [0.05, 0.1) is 12.8 Å². The highest BCUT2D eigenvalue weighted by Crippen LogP contribution is 2.30. The van der Waals surface area contributed by atoms with Gasteiger partial charge in [-0.3, -0.25) is 0 Å². The van der Waals surface area contributed by atoms with Crippen LogP contribution in [0.15, 0.2) is 22.6 Å². The minimum absolute atomic E-state index is 0.164. The second-order valence-corrected chi connectivity index (χ2v) is 5.12. The van der Waals surface area contributed by atoms with Gasteiger partial charge in [-0.15, -0.1) is 10.2 Å². The summed E-state index contributed by atoms with van der Waals surface area (Å²) in [6, 6.07) is 5.38. The summed E-state index contributed by atoms with van der Waals surface area (Å²) in [6.07, 6.45) is 0.